The van der Waals surface area contributed by atoms with Gasteiger partial charge in [0.05, 0.1) is 24.0 Å². The topological polar surface area (TPSA) is 90.0 Å². The lowest BCUT2D eigenvalue weighted by molar-refractivity contribution is -0.123. The highest BCUT2D eigenvalue weighted by Crippen LogP contribution is 2.17. The van der Waals surface area contributed by atoms with Crippen LogP contribution in [0.4, 0.5) is 0 Å². The standard InChI is InChI=1S/C15H17ClN4O2/c16-11-3-1-2-9(4-11)14(21)8-18-15(22)12-5-10-6-19-20-13(10)7-17-12/h1-4,6,12,14,17,21H,5,7-8H2,(H,18,22)(H,19,20). The van der Waals surface area contributed by atoms with E-state index in [0.29, 0.717) is 23.6 Å². The van der Waals surface area contributed by atoms with Crippen molar-refractivity contribution in [2.24, 2.45) is 0 Å². The molecule has 0 radical (unpaired) electrons. The molecule has 2 aromatic rings. The number of carbonyl (C=O) groups excluding carboxylic acids is 1. The number of aliphatic hydroxyl groups excluding tert-OH is 1. The van der Waals surface area contributed by atoms with Gasteiger partial charge in [-0.2, -0.15) is 5.10 Å². The van der Waals surface area contributed by atoms with Gasteiger partial charge >= 0.3 is 0 Å². The second-order valence-electron chi connectivity index (χ2n) is 5.33. The van der Waals surface area contributed by atoms with Gasteiger partial charge in [0.25, 0.3) is 0 Å². The molecule has 1 aromatic heterocycles. The molecular formula is C15H17ClN4O2. The predicted octanol–water partition coefficient (Wildman–Crippen LogP) is 0.927. The van der Waals surface area contributed by atoms with Gasteiger partial charge in [0.15, 0.2) is 0 Å². The quantitative estimate of drug-likeness (QED) is 0.674. The summed E-state index contributed by atoms with van der Waals surface area (Å²) in [6.45, 7) is 0.736. The Morgan fingerprint density at radius 1 is 1.55 bits per heavy atom. The van der Waals surface area contributed by atoms with Crippen molar-refractivity contribution in [1.82, 2.24) is 20.8 Å². The number of aliphatic hydroxyl groups is 1. The van der Waals surface area contributed by atoms with Crippen LogP contribution in [0.3, 0.4) is 0 Å². The van der Waals surface area contributed by atoms with Crippen molar-refractivity contribution in [2.45, 2.75) is 25.1 Å². The molecule has 1 aliphatic heterocycles. The summed E-state index contributed by atoms with van der Waals surface area (Å²) in [5.74, 6) is -0.132. The monoisotopic (exact) mass is 320 g/mol. The first kappa shape index (κ1) is 15.0. The second-order valence-corrected chi connectivity index (χ2v) is 5.76. The van der Waals surface area contributed by atoms with Gasteiger partial charge in [-0.15, -0.1) is 0 Å². The number of hydrogen-bond donors (Lipinski definition) is 4. The third-order valence-corrected chi connectivity index (χ3v) is 4.01. The van der Waals surface area contributed by atoms with E-state index >= 15 is 0 Å². The van der Waals surface area contributed by atoms with E-state index in [-0.39, 0.29) is 18.5 Å². The van der Waals surface area contributed by atoms with Crippen molar-refractivity contribution in [1.29, 1.82) is 0 Å². The molecule has 0 fully saturated rings. The molecule has 1 amide bonds. The lowest BCUT2D eigenvalue weighted by Crippen LogP contribution is -2.48. The SMILES string of the molecule is O=C(NCC(O)c1cccc(Cl)c1)C1Cc2cn[nH]c2CN1. The third-order valence-electron chi connectivity index (χ3n) is 3.78. The first-order valence-electron chi connectivity index (χ1n) is 7.09. The number of nitrogens with zero attached hydrogens (tertiary/aromatic N) is 1. The van der Waals surface area contributed by atoms with Gasteiger partial charge in [-0.25, -0.2) is 0 Å². The van der Waals surface area contributed by atoms with Gasteiger partial charge in [-0.3, -0.25) is 15.2 Å². The van der Waals surface area contributed by atoms with E-state index in [0.717, 1.165) is 11.3 Å². The Morgan fingerprint density at radius 3 is 3.23 bits per heavy atom. The molecule has 4 N–H and O–H groups in total. The fraction of sp³-hybridized carbons (Fsp3) is 0.333. The first-order chi connectivity index (χ1) is 10.6. The molecule has 1 aromatic carbocycles. The number of halogens is 1. The zero-order valence-corrected chi connectivity index (χ0v) is 12.6. The summed E-state index contributed by atoms with van der Waals surface area (Å²) in [5, 5.41) is 23.5. The van der Waals surface area contributed by atoms with Crippen molar-refractivity contribution < 1.29 is 9.90 Å². The van der Waals surface area contributed by atoms with Crippen LogP contribution in [-0.4, -0.2) is 33.8 Å². The molecule has 0 saturated heterocycles. The Kier molecular flexibility index (Phi) is 4.42. The van der Waals surface area contributed by atoms with Crippen LogP contribution in [-0.2, 0) is 17.8 Å². The van der Waals surface area contributed by atoms with Gasteiger partial charge < -0.3 is 10.4 Å². The highest BCUT2D eigenvalue weighted by molar-refractivity contribution is 6.30. The van der Waals surface area contributed by atoms with Crippen LogP contribution in [0.1, 0.15) is 22.9 Å². The summed E-state index contributed by atoms with van der Waals surface area (Å²) in [6.07, 6.45) is 1.55. The second kappa shape index (κ2) is 6.48. The minimum absolute atomic E-state index is 0.132. The number of amides is 1. The van der Waals surface area contributed by atoms with Crippen molar-refractivity contribution in [3.05, 3.63) is 52.3 Å². The number of nitrogens with one attached hydrogen (secondary N) is 3. The molecule has 1 aliphatic rings. The van der Waals surface area contributed by atoms with Crippen LogP contribution in [0.5, 0.6) is 0 Å². The number of H-pyrrole nitrogens is 1. The summed E-state index contributed by atoms with van der Waals surface area (Å²) in [7, 11) is 0. The van der Waals surface area contributed by atoms with Crippen molar-refractivity contribution in [3.8, 4) is 0 Å². The molecule has 2 heterocycles. The molecule has 6 nitrogen and oxygen atoms in total. The van der Waals surface area contributed by atoms with Crippen LogP contribution in [0.15, 0.2) is 30.5 Å². The molecule has 7 heteroatoms. The number of hydrogen-bond acceptors (Lipinski definition) is 4. The number of carbonyl (C=O) groups is 1. The van der Waals surface area contributed by atoms with E-state index in [9.17, 15) is 9.90 Å². The van der Waals surface area contributed by atoms with Crippen molar-refractivity contribution >= 4 is 17.5 Å². The Bertz CT molecular complexity index is 673. The predicted molar refractivity (Wildman–Crippen MR) is 82.3 cm³/mol. The molecule has 2 atom stereocenters. The molecule has 0 saturated carbocycles. The molecule has 116 valence electrons. The Labute approximate surface area is 132 Å². The summed E-state index contributed by atoms with van der Waals surface area (Å²) in [5.41, 5.74) is 2.75. The van der Waals surface area contributed by atoms with Gasteiger partial charge in [0.1, 0.15) is 0 Å². The van der Waals surface area contributed by atoms with Crippen LogP contribution >= 0.6 is 11.6 Å². The average molecular weight is 321 g/mol. The van der Waals surface area contributed by atoms with E-state index in [1.165, 1.54) is 0 Å². The number of aromatic amines is 1. The largest absolute Gasteiger partial charge is 0.387 e. The number of fused-ring (bicyclic) bond motifs is 1. The third kappa shape index (κ3) is 3.30. The smallest absolute Gasteiger partial charge is 0.237 e. The summed E-state index contributed by atoms with van der Waals surface area (Å²) in [4.78, 5) is 12.2. The Morgan fingerprint density at radius 2 is 2.41 bits per heavy atom. The van der Waals surface area contributed by atoms with E-state index < -0.39 is 6.10 Å². The molecule has 3 rings (SSSR count). The van der Waals surface area contributed by atoms with Crippen LogP contribution in [0, 0.1) is 0 Å². The first-order valence-corrected chi connectivity index (χ1v) is 7.47. The molecular weight excluding hydrogens is 304 g/mol. The Hall–Kier alpha value is -1.89. The molecule has 0 aliphatic carbocycles. The maximum atomic E-state index is 12.2. The zero-order chi connectivity index (χ0) is 15.5. The van der Waals surface area contributed by atoms with E-state index in [1.54, 1.807) is 30.5 Å². The van der Waals surface area contributed by atoms with Gasteiger partial charge in [-0.05, 0) is 23.3 Å². The van der Waals surface area contributed by atoms with Crippen LogP contribution < -0.4 is 10.6 Å². The van der Waals surface area contributed by atoms with Gasteiger partial charge in [0, 0.05) is 24.5 Å². The zero-order valence-electron chi connectivity index (χ0n) is 11.8. The molecule has 0 bridgehead atoms. The fourth-order valence-corrected chi connectivity index (χ4v) is 2.72. The lowest BCUT2D eigenvalue weighted by atomic mass is 10.0. The number of benzene rings is 1. The van der Waals surface area contributed by atoms with Crippen LogP contribution in [0.25, 0.3) is 0 Å². The van der Waals surface area contributed by atoms with Gasteiger partial charge in [-0.1, -0.05) is 23.7 Å². The molecule has 2 unspecified atom stereocenters. The maximum Gasteiger partial charge on any atom is 0.237 e. The van der Waals surface area contributed by atoms with E-state index in [4.69, 9.17) is 11.6 Å². The minimum Gasteiger partial charge on any atom is -0.387 e. The molecule has 22 heavy (non-hydrogen) atoms. The summed E-state index contributed by atoms with van der Waals surface area (Å²) < 4.78 is 0. The minimum atomic E-state index is -0.782. The van der Waals surface area contributed by atoms with Crippen LogP contribution in [0.2, 0.25) is 5.02 Å². The fourth-order valence-electron chi connectivity index (χ4n) is 2.52. The normalized spacial score (nSPS) is 18.5. The summed E-state index contributed by atoms with van der Waals surface area (Å²) in [6, 6.07) is 6.67. The van der Waals surface area contributed by atoms with E-state index in [2.05, 4.69) is 20.8 Å². The lowest BCUT2D eigenvalue weighted by Gasteiger charge is -2.23. The van der Waals surface area contributed by atoms with Crippen molar-refractivity contribution in [2.75, 3.05) is 6.54 Å². The Balaban J connectivity index is 1.54. The van der Waals surface area contributed by atoms with Gasteiger partial charge in [0.2, 0.25) is 5.91 Å². The average Bonchev–Trinajstić information content (AvgIpc) is 2.99. The van der Waals surface area contributed by atoms with Crippen molar-refractivity contribution in [3.63, 3.8) is 0 Å². The highest BCUT2D eigenvalue weighted by Gasteiger charge is 2.25. The van der Waals surface area contributed by atoms with E-state index in [1.807, 2.05) is 0 Å². The highest BCUT2D eigenvalue weighted by atomic mass is 35.5. The number of rotatable bonds is 4. The molecule has 0 spiro atoms. The number of aromatic nitrogens is 2. The maximum absolute atomic E-state index is 12.2. The summed E-state index contributed by atoms with van der Waals surface area (Å²) >= 11 is 5.89.